The van der Waals surface area contributed by atoms with Crippen molar-refractivity contribution in [2.75, 3.05) is 13.2 Å². The molecule has 0 unspecified atom stereocenters. The highest BCUT2D eigenvalue weighted by molar-refractivity contribution is 7.20. The van der Waals surface area contributed by atoms with E-state index in [0.29, 0.717) is 11.9 Å². The minimum atomic E-state index is -4.75. The molecule has 0 radical (unpaired) electrons. The monoisotopic (exact) mass is 384 g/mol. The number of aliphatic hydroxyl groups excluding tert-OH is 1. The fraction of sp³-hybridized carbons (Fsp3) is 0.312. The Morgan fingerprint density at radius 2 is 2.12 bits per heavy atom. The molecule has 3 aromatic rings. The van der Waals surface area contributed by atoms with Crippen LogP contribution in [0, 0.1) is 0 Å². The average Bonchev–Trinajstić information content (AvgIpc) is 3.15. The average molecular weight is 384 g/mol. The molecule has 0 aliphatic rings. The van der Waals surface area contributed by atoms with Gasteiger partial charge in [0.25, 0.3) is 5.56 Å². The standard InChI is InChI=1S/C16H15F3N4O2S/c1-9(20-7-4-8-24)12-13(16(17,18)19)22-23(14(12)25)15-21-10-5-2-3-6-11(10)26-15/h2-3,5-6,22,24H,4,7-8H2,1H3. The molecule has 2 heterocycles. The van der Waals surface area contributed by atoms with Crippen LogP contribution in [0.3, 0.4) is 0 Å². The number of rotatable bonds is 5. The number of hydrogen-bond acceptors (Lipinski definition) is 5. The number of para-hydroxylation sites is 1. The minimum Gasteiger partial charge on any atom is -0.396 e. The Labute approximate surface area is 149 Å². The summed E-state index contributed by atoms with van der Waals surface area (Å²) in [7, 11) is 0. The van der Waals surface area contributed by atoms with Gasteiger partial charge in [-0.25, -0.2) is 4.98 Å². The highest BCUT2D eigenvalue weighted by Crippen LogP contribution is 2.31. The summed E-state index contributed by atoms with van der Waals surface area (Å²) in [5.41, 5.74) is -1.99. The van der Waals surface area contributed by atoms with E-state index in [1.807, 2.05) is 0 Å². The van der Waals surface area contributed by atoms with Gasteiger partial charge in [-0.05, 0) is 25.5 Å². The summed E-state index contributed by atoms with van der Waals surface area (Å²) in [6, 6.07) is 7.04. The fourth-order valence-electron chi connectivity index (χ4n) is 2.46. The van der Waals surface area contributed by atoms with Crippen LogP contribution in [-0.2, 0) is 6.18 Å². The van der Waals surface area contributed by atoms with E-state index in [4.69, 9.17) is 5.11 Å². The topological polar surface area (TPSA) is 83.3 Å². The molecule has 26 heavy (non-hydrogen) atoms. The highest BCUT2D eigenvalue weighted by Gasteiger charge is 2.39. The summed E-state index contributed by atoms with van der Waals surface area (Å²) in [5, 5.41) is 11.0. The second kappa shape index (κ2) is 7.04. The molecule has 0 bridgehead atoms. The number of aromatic amines is 1. The van der Waals surface area contributed by atoms with Crippen molar-refractivity contribution in [3.8, 4) is 5.13 Å². The number of thiazole rings is 1. The van der Waals surface area contributed by atoms with Gasteiger partial charge in [0.2, 0.25) is 5.13 Å². The maximum atomic E-state index is 13.4. The molecule has 1 aromatic carbocycles. The van der Waals surface area contributed by atoms with Gasteiger partial charge in [-0.3, -0.25) is 14.9 Å². The molecule has 10 heteroatoms. The Morgan fingerprint density at radius 3 is 2.77 bits per heavy atom. The molecule has 0 spiro atoms. The SMILES string of the molecule is CC(=NCCCO)c1c(C(F)(F)F)[nH]n(-c2nc3ccccc3s2)c1=O. The van der Waals surface area contributed by atoms with E-state index in [-0.39, 0.29) is 24.0 Å². The lowest BCUT2D eigenvalue weighted by molar-refractivity contribution is -0.141. The molecule has 0 fully saturated rings. The van der Waals surface area contributed by atoms with Crippen LogP contribution in [0.15, 0.2) is 34.1 Å². The molecule has 6 nitrogen and oxygen atoms in total. The molecule has 2 aromatic heterocycles. The quantitative estimate of drug-likeness (QED) is 0.524. The van der Waals surface area contributed by atoms with E-state index in [1.54, 1.807) is 24.3 Å². The number of nitrogens with one attached hydrogen (secondary N) is 1. The van der Waals surface area contributed by atoms with Crippen LogP contribution in [0.2, 0.25) is 0 Å². The van der Waals surface area contributed by atoms with Gasteiger partial charge in [0.05, 0.1) is 15.8 Å². The number of benzene rings is 1. The van der Waals surface area contributed by atoms with Crippen molar-refractivity contribution in [3.05, 3.63) is 45.9 Å². The maximum absolute atomic E-state index is 13.4. The number of alkyl halides is 3. The van der Waals surface area contributed by atoms with Crippen LogP contribution in [0.1, 0.15) is 24.6 Å². The Morgan fingerprint density at radius 1 is 1.38 bits per heavy atom. The first kappa shape index (κ1) is 18.3. The molecule has 0 amide bonds. The Kier molecular flexibility index (Phi) is 4.97. The first-order valence-electron chi connectivity index (χ1n) is 7.73. The molecule has 0 saturated carbocycles. The molecule has 0 aliphatic heterocycles. The van der Waals surface area contributed by atoms with Crippen LogP contribution < -0.4 is 5.56 Å². The number of hydrogen-bond donors (Lipinski definition) is 2. The predicted octanol–water partition coefficient (Wildman–Crippen LogP) is 2.99. The summed E-state index contributed by atoms with van der Waals surface area (Å²) in [6.07, 6.45) is -4.45. The van der Waals surface area contributed by atoms with Crippen molar-refractivity contribution >= 4 is 27.3 Å². The normalized spacial score (nSPS) is 12.9. The summed E-state index contributed by atoms with van der Waals surface area (Å²) in [6.45, 7) is 1.34. The van der Waals surface area contributed by atoms with Crippen molar-refractivity contribution in [1.82, 2.24) is 14.8 Å². The van der Waals surface area contributed by atoms with E-state index in [2.05, 4.69) is 15.1 Å². The zero-order valence-electron chi connectivity index (χ0n) is 13.7. The minimum absolute atomic E-state index is 0.0353. The molecular formula is C16H15F3N4O2S. The van der Waals surface area contributed by atoms with Gasteiger partial charge in [0.1, 0.15) is 0 Å². The summed E-state index contributed by atoms with van der Waals surface area (Å²) >= 11 is 1.11. The number of aromatic nitrogens is 3. The van der Waals surface area contributed by atoms with E-state index in [9.17, 15) is 18.0 Å². The van der Waals surface area contributed by atoms with Crippen molar-refractivity contribution in [2.45, 2.75) is 19.5 Å². The lowest BCUT2D eigenvalue weighted by atomic mass is 10.1. The van der Waals surface area contributed by atoms with Crippen molar-refractivity contribution < 1.29 is 18.3 Å². The van der Waals surface area contributed by atoms with Gasteiger partial charge in [-0.2, -0.15) is 17.9 Å². The second-order valence-electron chi connectivity index (χ2n) is 5.51. The van der Waals surface area contributed by atoms with Crippen molar-refractivity contribution in [2.24, 2.45) is 4.99 Å². The summed E-state index contributed by atoms with van der Waals surface area (Å²) in [4.78, 5) is 20.9. The maximum Gasteiger partial charge on any atom is 0.433 e. The van der Waals surface area contributed by atoms with E-state index in [0.717, 1.165) is 20.7 Å². The fourth-order valence-corrected chi connectivity index (χ4v) is 3.39. The van der Waals surface area contributed by atoms with Crippen LogP contribution in [0.25, 0.3) is 15.3 Å². The third-order valence-electron chi connectivity index (χ3n) is 3.67. The van der Waals surface area contributed by atoms with Crippen LogP contribution in [0.4, 0.5) is 13.2 Å². The largest absolute Gasteiger partial charge is 0.433 e. The molecular weight excluding hydrogens is 369 g/mol. The summed E-state index contributed by atoms with van der Waals surface area (Å²) < 4.78 is 41.8. The molecule has 0 aliphatic carbocycles. The number of nitrogens with zero attached hydrogens (tertiary/aromatic N) is 3. The molecule has 0 atom stereocenters. The van der Waals surface area contributed by atoms with E-state index in [1.165, 1.54) is 6.92 Å². The first-order chi connectivity index (χ1) is 12.3. The lowest BCUT2D eigenvalue weighted by Gasteiger charge is -2.06. The number of halogens is 3. The van der Waals surface area contributed by atoms with Crippen molar-refractivity contribution in [1.29, 1.82) is 0 Å². The predicted molar refractivity (Wildman–Crippen MR) is 93.4 cm³/mol. The Balaban J connectivity index is 2.16. The zero-order valence-corrected chi connectivity index (χ0v) is 14.5. The number of H-pyrrole nitrogens is 1. The molecule has 3 rings (SSSR count). The number of aliphatic imine (C=N–C) groups is 1. The van der Waals surface area contributed by atoms with E-state index < -0.39 is 23.0 Å². The second-order valence-corrected chi connectivity index (χ2v) is 6.52. The van der Waals surface area contributed by atoms with Gasteiger partial charge in [0.15, 0.2) is 5.69 Å². The Hall–Kier alpha value is -2.46. The van der Waals surface area contributed by atoms with Gasteiger partial charge in [0, 0.05) is 18.9 Å². The van der Waals surface area contributed by atoms with Gasteiger partial charge < -0.3 is 5.11 Å². The third-order valence-corrected chi connectivity index (χ3v) is 4.70. The van der Waals surface area contributed by atoms with Gasteiger partial charge in [-0.15, -0.1) is 0 Å². The van der Waals surface area contributed by atoms with E-state index >= 15 is 0 Å². The highest BCUT2D eigenvalue weighted by atomic mass is 32.1. The van der Waals surface area contributed by atoms with Gasteiger partial charge >= 0.3 is 6.18 Å². The number of aliphatic hydroxyl groups is 1. The molecule has 2 N–H and O–H groups in total. The molecule has 138 valence electrons. The van der Waals surface area contributed by atoms with Crippen LogP contribution in [0.5, 0.6) is 0 Å². The number of fused-ring (bicyclic) bond motifs is 1. The smallest absolute Gasteiger partial charge is 0.396 e. The van der Waals surface area contributed by atoms with Gasteiger partial charge in [-0.1, -0.05) is 23.5 Å². The van der Waals surface area contributed by atoms with Crippen LogP contribution in [-0.4, -0.2) is 38.7 Å². The van der Waals surface area contributed by atoms with Crippen molar-refractivity contribution in [3.63, 3.8) is 0 Å². The zero-order chi connectivity index (χ0) is 18.9. The first-order valence-corrected chi connectivity index (χ1v) is 8.55. The summed E-state index contributed by atoms with van der Waals surface area (Å²) in [5.74, 6) is 0. The lowest BCUT2D eigenvalue weighted by Crippen LogP contribution is -2.20. The molecule has 0 saturated heterocycles. The Bertz CT molecular complexity index is 984. The third kappa shape index (κ3) is 3.42. The van der Waals surface area contributed by atoms with Crippen LogP contribution >= 0.6 is 11.3 Å².